The van der Waals surface area contributed by atoms with Crippen LogP contribution in [0.1, 0.15) is 41.0 Å². The van der Waals surface area contributed by atoms with Crippen molar-refractivity contribution < 1.29 is 0 Å². The quantitative estimate of drug-likeness (QED) is 0.884. The van der Waals surface area contributed by atoms with Crippen LogP contribution in [0.25, 0.3) is 0 Å². The highest BCUT2D eigenvalue weighted by Crippen LogP contribution is 2.39. The van der Waals surface area contributed by atoms with Crippen molar-refractivity contribution in [1.29, 1.82) is 0 Å². The Bertz CT molecular complexity index is 570. The van der Waals surface area contributed by atoms with Gasteiger partial charge in [-0.3, -0.25) is 0 Å². The molecule has 0 saturated heterocycles. The van der Waals surface area contributed by atoms with Gasteiger partial charge in [0.15, 0.2) is 0 Å². The second kappa shape index (κ2) is 5.06. The summed E-state index contributed by atoms with van der Waals surface area (Å²) in [6.07, 6.45) is 5.13. The van der Waals surface area contributed by atoms with E-state index < -0.39 is 0 Å². The minimum absolute atomic E-state index is 0.607. The Hall–Kier alpha value is -1.60. The summed E-state index contributed by atoms with van der Waals surface area (Å²) in [6.45, 7) is 0.990. The van der Waals surface area contributed by atoms with Crippen LogP contribution in [0.2, 0.25) is 0 Å². The first-order valence-corrected chi connectivity index (χ1v) is 7.77. The molecule has 20 heavy (non-hydrogen) atoms. The molecule has 102 valence electrons. The maximum Gasteiger partial charge on any atom is 0.0208 e. The highest BCUT2D eigenvalue weighted by Gasteiger charge is 2.23. The molecule has 4 rings (SSSR count). The Balaban J connectivity index is 1.35. The molecule has 1 heteroatoms. The van der Waals surface area contributed by atoms with E-state index in [1.165, 1.54) is 47.9 Å². The average Bonchev–Trinajstić information content (AvgIpc) is 3.25. The molecule has 0 bridgehead atoms. The minimum atomic E-state index is 0.607. The zero-order chi connectivity index (χ0) is 13.4. The first-order valence-electron chi connectivity index (χ1n) is 7.77. The highest BCUT2D eigenvalue weighted by atomic mass is 14.9. The molecule has 2 aliphatic carbocycles. The lowest BCUT2D eigenvalue weighted by Crippen LogP contribution is -2.28. The van der Waals surface area contributed by atoms with Gasteiger partial charge in [0.2, 0.25) is 0 Å². The molecule has 0 spiro atoms. The molecule has 2 aromatic carbocycles. The predicted molar refractivity (Wildman–Crippen MR) is 82.9 cm³/mol. The summed E-state index contributed by atoms with van der Waals surface area (Å²) in [5, 5.41) is 3.71. The van der Waals surface area contributed by atoms with E-state index in [1.807, 2.05) is 0 Å². The van der Waals surface area contributed by atoms with Gasteiger partial charge in [0.1, 0.15) is 0 Å². The van der Waals surface area contributed by atoms with Crippen LogP contribution in [0.3, 0.4) is 0 Å². The summed E-state index contributed by atoms with van der Waals surface area (Å²) in [7, 11) is 0. The van der Waals surface area contributed by atoms with Crippen molar-refractivity contribution in [3.63, 3.8) is 0 Å². The monoisotopic (exact) mass is 263 g/mol. The molecule has 0 atom stereocenters. The first kappa shape index (κ1) is 12.2. The topological polar surface area (TPSA) is 12.0 Å². The van der Waals surface area contributed by atoms with Crippen LogP contribution in [0.15, 0.2) is 48.5 Å². The lowest BCUT2D eigenvalue weighted by Gasteiger charge is -2.12. The van der Waals surface area contributed by atoms with E-state index in [1.54, 1.807) is 0 Å². The van der Waals surface area contributed by atoms with Crippen molar-refractivity contribution in [3.8, 4) is 0 Å². The third-order valence-electron chi connectivity index (χ3n) is 4.67. The van der Waals surface area contributed by atoms with Crippen LogP contribution >= 0.6 is 0 Å². The highest BCUT2D eigenvalue weighted by molar-refractivity contribution is 5.33. The van der Waals surface area contributed by atoms with Crippen LogP contribution in [0.5, 0.6) is 0 Å². The molecular formula is C19H21N. The minimum Gasteiger partial charge on any atom is -0.309 e. The molecule has 1 saturated carbocycles. The van der Waals surface area contributed by atoms with Gasteiger partial charge in [-0.15, -0.1) is 0 Å². The SMILES string of the molecule is c1ccc2c(c1)CC(NCc1ccc(C3CC3)cc1)C2. The van der Waals surface area contributed by atoms with E-state index in [4.69, 9.17) is 0 Å². The lowest BCUT2D eigenvalue weighted by molar-refractivity contribution is 0.533. The Morgan fingerprint density at radius 3 is 2.10 bits per heavy atom. The molecule has 2 aromatic rings. The fourth-order valence-corrected chi connectivity index (χ4v) is 3.29. The van der Waals surface area contributed by atoms with Crippen molar-refractivity contribution in [1.82, 2.24) is 5.32 Å². The van der Waals surface area contributed by atoms with Crippen LogP contribution in [0, 0.1) is 0 Å². The van der Waals surface area contributed by atoms with Gasteiger partial charge in [0.25, 0.3) is 0 Å². The maximum atomic E-state index is 3.71. The molecule has 0 aromatic heterocycles. The summed E-state index contributed by atoms with van der Waals surface area (Å²) >= 11 is 0. The first-order chi connectivity index (χ1) is 9.88. The Labute approximate surface area is 121 Å². The predicted octanol–water partition coefficient (Wildman–Crippen LogP) is 3.82. The van der Waals surface area contributed by atoms with Crippen molar-refractivity contribution in [3.05, 3.63) is 70.8 Å². The fraction of sp³-hybridized carbons (Fsp3) is 0.368. The summed E-state index contributed by atoms with van der Waals surface area (Å²) in [6, 6.07) is 18.7. The van der Waals surface area contributed by atoms with Crippen molar-refractivity contribution >= 4 is 0 Å². The molecule has 2 aliphatic rings. The van der Waals surface area contributed by atoms with Gasteiger partial charge in [0.05, 0.1) is 0 Å². The molecule has 1 fully saturated rings. The van der Waals surface area contributed by atoms with Gasteiger partial charge in [-0.05, 0) is 53.9 Å². The fourth-order valence-electron chi connectivity index (χ4n) is 3.29. The van der Waals surface area contributed by atoms with Crippen molar-refractivity contribution in [2.45, 2.75) is 44.2 Å². The Morgan fingerprint density at radius 2 is 1.50 bits per heavy atom. The molecule has 0 unspecified atom stereocenters. The Kier molecular flexibility index (Phi) is 3.08. The van der Waals surface area contributed by atoms with Crippen LogP contribution in [-0.2, 0) is 19.4 Å². The van der Waals surface area contributed by atoms with Gasteiger partial charge < -0.3 is 5.32 Å². The number of hydrogen-bond donors (Lipinski definition) is 1. The van der Waals surface area contributed by atoms with E-state index in [9.17, 15) is 0 Å². The van der Waals surface area contributed by atoms with Gasteiger partial charge >= 0.3 is 0 Å². The summed E-state index contributed by atoms with van der Waals surface area (Å²) in [5.41, 5.74) is 5.98. The molecule has 0 amide bonds. The van der Waals surface area contributed by atoms with E-state index in [-0.39, 0.29) is 0 Å². The van der Waals surface area contributed by atoms with E-state index in [0.29, 0.717) is 6.04 Å². The third kappa shape index (κ3) is 2.51. The zero-order valence-corrected chi connectivity index (χ0v) is 11.8. The molecule has 0 radical (unpaired) electrons. The third-order valence-corrected chi connectivity index (χ3v) is 4.67. The number of nitrogens with one attached hydrogen (secondary N) is 1. The average molecular weight is 263 g/mol. The van der Waals surface area contributed by atoms with Gasteiger partial charge in [-0.25, -0.2) is 0 Å². The van der Waals surface area contributed by atoms with Gasteiger partial charge in [-0.2, -0.15) is 0 Å². The molecular weight excluding hydrogens is 242 g/mol. The second-order valence-corrected chi connectivity index (χ2v) is 6.27. The zero-order valence-electron chi connectivity index (χ0n) is 11.8. The van der Waals surface area contributed by atoms with Crippen molar-refractivity contribution in [2.24, 2.45) is 0 Å². The van der Waals surface area contributed by atoms with Crippen LogP contribution in [-0.4, -0.2) is 6.04 Å². The molecule has 1 nitrogen and oxygen atoms in total. The van der Waals surface area contributed by atoms with Crippen LogP contribution < -0.4 is 5.32 Å². The van der Waals surface area contributed by atoms with Crippen LogP contribution in [0.4, 0.5) is 0 Å². The number of rotatable bonds is 4. The van der Waals surface area contributed by atoms with E-state index in [2.05, 4.69) is 53.8 Å². The standard InChI is InChI=1S/C19H21N/c1-2-4-18-12-19(11-17(18)3-1)20-13-14-5-7-15(8-6-14)16-9-10-16/h1-8,16,19-20H,9-13H2. The molecule has 1 N–H and O–H groups in total. The number of benzene rings is 2. The maximum absolute atomic E-state index is 3.71. The largest absolute Gasteiger partial charge is 0.309 e. The van der Waals surface area contributed by atoms with Crippen molar-refractivity contribution in [2.75, 3.05) is 0 Å². The smallest absolute Gasteiger partial charge is 0.0208 e. The summed E-state index contributed by atoms with van der Waals surface area (Å²) in [4.78, 5) is 0. The normalized spacial score (nSPS) is 18.2. The summed E-state index contributed by atoms with van der Waals surface area (Å²) < 4.78 is 0. The molecule has 0 heterocycles. The Morgan fingerprint density at radius 1 is 0.850 bits per heavy atom. The summed E-state index contributed by atoms with van der Waals surface area (Å²) in [5.74, 6) is 0.862. The van der Waals surface area contributed by atoms with Gasteiger partial charge in [-0.1, -0.05) is 48.5 Å². The lowest BCUT2D eigenvalue weighted by atomic mass is 10.1. The number of fused-ring (bicyclic) bond motifs is 1. The van der Waals surface area contributed by atoms with E-state index in [0.717, 1.165) is 12.5 Å². The molecule has 0 aliphatic heterocycles. The van der Waals surface area contributed by atoms with E-state index >= 15 is 0 Å². The second-order valence-electron chi connectivity index (χ2n) is 6.27. The van der Waals surface area contributed by atoms with Gasteiger partial charge in [0, 0.05) is 12.6 Å². The number of hydrogen-bond acceptors (Lipinski definition) is 1.